The van der Waals surface area contributed by atoms with Crippen molar-refractivity contribution in [2.45, 2.75) is 38.5 Å². The molecule has 1 aliphatic rings. The van der Waals surface area contributed by atoms with Gasteiger partial charge in [0.05, 0.1) is 6.67 Å². The molecule has 0 aromatic rings. The van der Waals surface area contributed by atoms with Crippen molar-refractivity contribution in [3.8, 4) is 0 Å². The molecule has 0 aromatic heterocycles. The zero-order valence-electron chi connectivity index (χ0n) is 7.11. The maximum absolute atomic E-state index is 12.7. The Kier molecular flexibility index (Phi) is 3.31. The largest absolute Gasteiger partial charge is 0.330 e. The van der Waals surface area contributed by atoms with Crippen LogP contribution in [0.25, 0.3) is 0 Å². The predicted octanol–water partition coefficient (Wildman–Crippen LogP) is 2.26. The summed E-state index contributed by atoms with van der Waals surface area (Å²) in [6, 6.07) is 0. The average Bonchev–Trinajstić information content (AvgIpc) is 2.07. The lowest BCUT2D eigenvalue weighted by Gasteiger charge is -2.34. The number of nitrogens with two attached hydrogens (primary N) is 1. The normalized spacial score (nSPS) is 23.5. The summed E-state index contributed by atoms with van der Waals surface area (Å²) in [5.41, 5.74) is 5.43. The number of hydrogen-bond acceptors (Lipinski definition) is 1. The van der Waals surface area contributed by atoms with E-state index in [9.17, 15) is 4.39 Å². The van der Waals surface area contributed by atoms with Crippen LogP contribution >= 0.6 is 0 Å². The van der Waals surface area contributed by atoms with Gasteiger partial charge in [-0.05, 0) is 31.2 Å². The van der Waals surface area contributed by atoms with Gasteiger partial charge in [0.1, 0.15) is 0 Å². The lowest BCUT2D eigenvalue weighted by atomic mass is 9.73. The lowest BCUT2D eigenvalue weighted by molar-refractivity contribution is 0.128. The highest BCUT2D eigenvalue weighted by Crippen LogP contribution is 2.39. The van der Waals surface area contributed by atoms with Crippen LogP contribution in [-0.2, 0) is 0 Å². The third kappa shape index (κ3) is 2.16. The van der Waals surface area contributed by atoms with Crippen molar-refractivity contribution in [2.24, 2.45) is 11.1 Å². The van der Waals surface area contributed by atoms with Gasteiger partial charge in [0.2, 0.25) is 0 Å². The minimum Gasteiger partial charge on any atom is -0.330 e. The first-order chi connectivity index (χ1) is 5.33. The lowest BCUT2D eigenvalue weighted by Crippen LogP contribution is -2.29. The van der Waals surface area contributed by atoms with Crippen LogP contribution in [0.15, 0.2) is 0 Å². The van der Waals surface area contributed by atoms with Gasteiger partial charge in [-0.25, -0.2) is 0 Å². The van der Waals surface area contributed by atoms with E-state index in [0.29, 0.717) is 6.54 Å². The quantitative estimate of drug-likeness (QED) is 0.671. The van der Waals surface area contributed by atoms with Crippen LogP contribution < -0.4 is 5.73 Å². The summed E-state index contributed by atoms with van der Waals surface area (Å²) in [5, 5.41) is 0. The fourth-order valence-corrected chi connectivity index (χ4v) is 2.06. The third-order valence-corrected chi connectivity index (χ3v) is 2.87. The van der Waals surface area contributed by atoms with Gasteiger partial charge in [-0.3, -0.25) is 4.39 Å². The van der Waals surface area contributed by atoms with Gasteiger partial charge in [-0.15, -0.1) is 0 Å². The highest BCUT2D eigenvalue weighted by molar-refractivity contribution is 4.82. The van der Waals surface area contributed by atoms with Gasteiger partial charge in [-0.2, -0.15) is 0 Å². The topological polar surface area (TPSA) is 26.0 Å². The Balaban J connectivity index is 2.42. The van der Waals surface area contributed by atoms with Gasteiger partial charge in [0.25, 0.3) is 0 Å². The van der Waals surface area contributed by atoms with Crippen molar-refractivity contribution in [1.29, 1.82) is 0 Å². The molecule has 0 bridgehead atoms. The molecule has 0 aromatic carbocycles. The Morgan fingerprint density at radius 1 is 1.18 bits per heavy atom. The van der Waals surface area contributed by atoms with Crippen molar-refractivity contribution >= 4 is 0 Å². The van der Waals surface area contributed by atoms with E-state index in [1.54, 1.807) is 0 Å². The Hall–Kier alpha value is -0.110. The molecule has 2 N–H and O–H groups in total. The Bertz CT molecular complexity index is 103. The SMILES string of the molecule is NCCC1(CF)CCCCC1. The van der Waals surface area contributed by atoms with Crippen LogP contribution in [0, 0.1) is 5.41 Å². The molecule has 0 amide bonds. The highest BCUT2D eigenvalue weighted by atomic mass is 19.1. The molecule has 2 heteroatoms. The second-order valence-corrected chi connectivity index (χ2v) is 3.73. The first-order valence-corrected chi connectivity index (χ1v) is 4.59. The molecule has 66 valence electrons. The molecule has 1 saturated carbocycles. The summed E-state index contributed by atoms with van der Waals surface area (Å²) in [4.78, 5) is 0. The van der Waals surface area contributed by atoms with Crippen LogP contribution in [0.1, 0.15) is 38.5 Å². The van der Waals surface area contributed by atoms with E-state index in [4.69, 9.17) is 5.73 Å². The minimum atomic E-state index is -0.163. The molecular formula is C9H18FN. The standard InChI is InChI=1S/C9H18FN/c10-8-9(6-7-11)4-2-1-3-5-9/h1-8,11H2. The number of alkyl halides is 1. The van der Waals surface area contributed by atoms with Gasteiger partial charge >= 0.3 is 0 Å². The van der Waals surface area contributed by atoms with Crippen molar-refractivity contribution < 1.29 is 4.39 Å². The fourth-order valence-electron chi connectivity index (χ4n) is 2.06. The molecule has 0 aliphatic heterocycles. The Morgan fingerprint density at radius 2 is 1.82 bits per heavy atom. The van der Waals surface area contributed by atoms with Crippen molar-refractivity contribution in [3.63, 3.8) is 0 Å². The molecule has 0 radical (unpaired) electrons. The van der Waals surface area contributed by atoms with E-state index in [0.717, 1.165) is 19.3 Å². The summed E-state index contributed by atoms with van der Waals surface area (Å²) in [6.07, 6.45) is 6.67. The van der Waals surface area contributed by atoms with Gasteiger partial charge < -0.3 is 5.73 Å². The maximum atomic E-state index is 12.7. The van der Waals surface area contributed by atoms with Crippen LogP contribution in [0.2, 0.25) is 0 Å². The molecule has 0 heterocycles. The zero-order valence-corrected chi connectivity index (χ0v) is 7.11. The molecule has 0 unspecified atom stereocenters. The van der Waals surface area contributed by atoms with Crippen molar-refractivity contribution in [3.05, 3.63) is 0 Å². The van der Waals surface area contributed by atoms with Crippen molar-refractivity contribution in [2.75, 3.05) is 13.2 Å². The smallest absolute Gasteiger partial charge is 0.0951 e. The molecule has 1 aliphatic carbocycles. The van der Waals surface area contributed by atoms with E-state index >= 15 is 0 Å². The van der Waals surface area contributed by atoms with E-state index in [1.165, 1.54) is 19.3 Å². The molecule has 0 atom stereocenters. The first-order valence-electron chi connectivity index (χ1n) is 4.59. The summed E-state index contributed by atoms with van der Waals surface area (Å²) in [7, 11) is 0. The molecule has 0 saturated heterocycles. The van der Waals surface area contributed by atoms with E-state index in [2.05, 4.69) is 0 Å². The second-order valence-electron chi connectivity index (χ2n) is 3.73. The van der Waals surface area contributed by atoms with Crippen LogP contribution in [0.5, 0.6) is 0 Å². The van der Waals surface area contributed by atoms with Gasteiger partial charge in [0.15, 0.2) is 0 Å². The molecule has 1 fully saturated rings. The minimum absolute atomic E-state index is 0.0208. The molecule has 11 heavy (non-hydrogen) atoms. The first kappa shape index (κ1) is 8.98. The summed E-state index contributed by atoms with van der Waals surface area (Å²) in [5.74, 6) is 0. The predicted molar refractivity (Wildman–Crippen MR) is 45.2 cm³/mol. The molecule has 1 rings (SSSR count). The number of halogens is 1. The Labute approximate surface area is 68.2 Å². The molecule has 1 nitrogen and oxygen atoms in total. The van der Waals surface area contributed by atoms with Gasteiger partial charge in [-0.1, -0.05) is 19.3 Å². The highest BCUT2D eigenvalue weighted by Gasteiger charge is 2.30. The Morgan fingerprint density at radius 3 is 2.27 bits per heavy atom. The molecule has 0 spiro atoms. The van der Waals surface area contributed by atoms with Gasteiger partial charge in [0, 0.05) is 0 Å². The monoisotopic (exact) mass is 159 g/mol. The third-order valence-electron chi connectivity index (χ3n) is 2.87. The number of rotatable bonds is 3. The van der Waals surface area contributed by atoms with E-state index in [1.807, 2.05) is 0 Å². The fraction of sp³-hybridized carbons (Fsp3) is 1.00. The average molecular weight is 159 g/mol. The molecular weight excluding hydrogens is 141 g/mol. The second kappa shape index (κ2) is 4.05. The van der Waals surface area contributed by atoms with Crippen molar-refractivity contribution in [1.82, 2.24) is 0 Å². The maximum Gasteiger partial charge on any atom is 0.0951 e. The summed E-state index contributed by atoms with van der Waals surface area (Å²) < 4.78 is 12.7. The zero-order chi connectivity index (χ0) is 8.16. The summed E-state index contributed by atoms with van der Waals surface area (Å²) >= 11 is 0. The summed E-state index contributed by atoms with van der Waals surface area (Å²) in [6.45, 7) is 0.480. The number of hydrogen-bond donors (Lipinski definition) is 1. The van der Waals surface area contributed by atoms with E-state index in [-0.39, 0.29) is 12.1 Å². The van der Waals surface area contributed by atoms with Crippen LogP contribution in [-0.4, -0.2) is 13.2 Å². The van der Waals surface area contributed by atoms with E-state index < -0.39 is 0 Å². The van der Waals surface area contributed by atoms with Crippen LogP contribution in [0.3, 0.4) is 0 Å². The van der Waals surface area contributed by atoms with Crippen LogP contribution in [0.4, 0.5) is 4.39 Å².